The number of carbonyl (C=O) groups excluding carboxylic acids is 1. The van der Waals surface area contributed by atoms with Crippen molar-refractivity contribution in [3.05, 3.63) is 83.6 Å². The molecule has 5 rings (SSSR count). The van der Waals surface area contributed by atoms with E-state index in [2.05, 4.69) is 44.1 Å². The van der Waals surface area contributed by atoms with Crippen molar-refractivity contribution in [1.82, 2.24) is 19.7 Å². The molecule has 2 aromatic carbocycles. The number of nitrogens with zero attached hydrogens (tertiary/aromatic N) is 4. The van der Waals surface area contributed by atoms with Gasteiger partial charge >= 0.3 is 0 Å². The van der Waals surface area contributed by atoms with Gasteiger partial charge in [0.2, 0.25) is 0 Å². The first-order valence-electron chi connectivity index (χ1n) is 10.4. The number of aryl methyl sites for hydroxylation is 2. The Kier molecular flexibility index (Phi) is 4.75. The number of rotatable bonds is 4. The van der Waals surface area contributed by atoms with Crippen LogP contribution in [0.1, 0.15) is 46.8 Å². The topological polar surface area (TPSA) is 72.7 Å². The lowest BCUT2D eigenvalue weighted by Gasteiger charge is -2.24. The zero-order chi connectivity index (χ0) is 20.5. The molecule has 0 saturated carbocycles. The summed E-state index contributed by atoms with van der Waals surface area (Å²) in [6, 6.07) is 17.6. The van der Waals surface area contributed by atoms with Gasteiger partial charge in [0, 0.05) is 48.1 Å². The molecule has 0 aliphatic carbocycles. The van der Waals surface area contributed by atoms with E-state index in [1.165, 1.54) is 5.56 Å². The number of amides is 1. The van der Waals surface area contributed by atoms with Gasteiger partial charge in [-0.05, 0) is 42.3 Å². The van der Waals surface area contributed by atoms with Crippen molar-refractivity contribution < 1.29 is 4.79 Å². The number of nitrogens with one attached hydrogen (secondary N) is 1. The fraction of sp³-hybridized carbons (Fsp3) is 0.250. The smallest absolute Gasteiger partial charge is 0.256 e. The largest absolute Gasteiger partial charge is 0.322 e. The van der Waals surface area contributed by atoms with Gasteiger partial charge in [-0.25, -0.2) is 0 Å². The van der Waals surface area contributed by atoms with Crippen molar-refractivity contribution in [1.29, 1.82) is 0 Å². The highest BCUT2D eigenvalue weighted by Gasteiger charge is 2.23. The minimum atomic E-state index is -0.124. The molecular formula is C24H23N5O. The number of benzene rings is 2. The Morgan fingerprint density at radius 1 is 1.10 bits per heavy atom. The number of anilines is 1. The zero-order valence-electron chi connectivity index (χ0n) is 16.9. The van der Waals surface area contributed by atoms with Gasteiger partial charge in [-0.3, -0.25) is 9.78 Å². The van der Waals surface area contributed by atoms with Gasteiger partial charge in [-0.2, -0.15) is 0 Å². The maximum atomic E-state index is 12.8. The van der Waals surface area contributed by atoms with Gasteiger partial charge in [0.25, 0.3) is 5.91 Å². The first-order valence-corrected chi connectivity index (χ1v) is 10.4. The molecule has 0 fully saturated rings. The van der Waals surface area contributed by atoms with Gasteiger partial charge in [0.1, 0.15) is 11.6 Å². The number of aromatic nitrogens is 4. The highest BCUT2D eigenvalue weighted by molar-refractivity contribution is 6.12. The monoisotopic (exact) mass is 397 g/mol. The fourth-order valence-electron chi connectivity index (χ4n) is 4.26. The van der Waals surface area contributed by atoms with Gasteiger partial charge in [0.05, 0.1) is 5.52 Å². The van der Waals surface area contributed by atoms with Crippen molar-refractivity contribution in [2.75, 3.05) is 5.32 Å². The number of hydrogen-bond donors (Lipinski definition) is 1. The van der Waals surface area contributed by atoms with E-state index in [9.17, 15) is 4.79 Å². The molecule has 30 heavy (non-hydrogen) atoms. The molecular weight excluding hydrogens is 374 g/mol. The van der Waals surface area contributed by atoms with E-state index in [0.717, 1.165) is 54.0 Å². The third kappa shape index (κ3) is 3.34. The predicted molar refractivity (Wildman–Crippen MR) is 117 cm³/mol. The van der Waals surface area contributed by atoms with Gasteiger partial charge in [-0.1, -0.05) is 31.2 Å². The molecule has 0 unspecified atom stereocenters. The van der Waals surface area contributed by atoms with Crippen molar-refractivity contribution in [2.24, 2.45) is 0 Å². The second kappa shape index (κ2) is 7.71. The second-order valence-corrected chi connectivity index (χ2v) is 7.68. The van der Waals surface area contributed by atoms with E-state index < -0.39 is 0 Å². The molecule has 0 bridgehead atoms. The molecule has 6 heteroatoms. The van der Waals surface area contributed by atoms with Crippen molar-refractivity contribution in [2.45, 2.75) is 38.6 Å². The van der Waals surface area contributed by atoms with E-state index in [1.807, 2.05) is 42.5 Å². The minimum absolute atomic E-state index is 0.124. The average molecular weight is 397 g/mol. The summed E-state index contributed by atoms with van der Waals surface area (Å²) in [5, 5.41) is 12.5. The molecule has 1 aliphatic heterocycles. The lowest BCUT2D eigenvalue weighted by Crippen LogP contribution is -2.20. The Balaban J connectivity index is 1.32. The number of hydrogen-bond acceptors (Lipinski definition) is 4. The molecule has 1 atom stereocenters. The van der Waals surface area contributed by atoms with E-state index >= 15 is 0 Å². The van der Waals surface area contributed by atoms with Crippen LogP contribution in [0.25, 0.3) is 10.9 Å². The quantitative estimate of drug-likeness (QED) is 0.555. The van der Waals surface area contributed by atoms with Crippen LogP contribution < -0.4 is 5.32 Å². The number of fused-ring (bicyclic) bond motifs is 2. The second-order valence-electron chi connectivity index (χ2n) is 7.68. The van der Waals surface area contributed by atoms with E-state index in [-0.39, 0.29) is 5.91 Å². The molecule has 1 amide bonds. The minimum Gasteiger partial charge on any atom is -0.322 e. The van der Waals surface area contributed by atoms with Gasteiger partial charge in [-0.15, -0.1) is 10.2 Å². The normalized spacial score (nSPS) is 15.7. The summed E-state index contributed by atoms with van der Waals surface area (Å²) in [7, 11) is 0. The van der Waals surface area contributed by atoms with E-state index in [0.29, 0.717) is 11.5 Å². The first-order chi connectivity index (χ1) is 14.7. The molecule has 3 heterocycles. The fourth-order valence-corrected chi connectivity index (χ4v) is 4.26. The van der Waals surface area contributed by atoms with Crippen LogP contribution in [0.2, 0.25) is 0 Å². The summed E-state index contributed by atoms with van der Waals surface area (Å²) in [4.78, 5) is 17.2. The summed E-state index contributed by atoms with van der Waals surface area (Å²) >= 11 is 0. The van der Waals surface area contributed by atoms with Gasteiger partial charge < -0.3 is 9.88 Å². The predicted octanol–water partition coefficient (Wildman–Crippen LogP) is 4.37. The molecule has 6 nitrogen and oxygen atoms in total. The molecule has 1 N–H and O–H groups in total. The van der Waals surface area contributed by atoms with Crippen LogP contribution >= 0.6 is 0 Å². The summed E-state index contributed by atoms with van der Waals surface area (Å²) in [6.07, 6.45) is 4.65. The van der Waals surface area contributed by atoms with Crippen LogP contribution in [-0.2, 0) is 19.4 Å². The molecule has 2 aromatic heterocycles. The first kappa shape index (κ1) is 18.5. The Labute approximate surface area is 175 Å². The number of pyridine rings is 1. The van der Waals surface area contributed by atoms with Crippen LogP contribution in [0.3, 0.4) is 0 Å². The molecule has 150 valence electrons. The Hall–Kier alpha value is -3.54. The molecule has 0 saturated heterocycles. The van der Waals surface area contributed by atoms with Crippen LogP contribution in [0, 0.1) is 0 Å². The van der Waals surface area contributed by atoms with Gasteiger partial charge in [0.15, 0.2) is 0 Å². The summed E-state index contributed by atoms with van der Waals surface area (Å²) in [5.41, 5.74) is 3.52. The highest BCUT2D eigenvalue weighted by atomic mass is 16.1. The maximum absolute atomic E-state index is 12.8. The average Bonchev–Trinajstić information content (AvgIpc) is 3.21. The summed E-state index contributed by atoms with van der Waals surface area (Å²) in [6.45, 7) is 3.03. The SMILES string of the molecule is CCc1nnc2n1C[C@H](c1ccc(NC(=O)c3cccc4ncccc34)cc1)CC2. The van der Waals surface area contributed by atoms with Crippen LogP contribution in [-0.4, -0.2) is 25.7 Å². The van der Waals surface area contributed by atoms with Crippen molar-refractivity contribution in [3.8, 4) is 0 Å². The summed E-state index contributed by atoms with van der Waals surface area (Å²) < 4.78 is 2.26. The summed E-state index contributed by atoms with van der Waals surface area (Å²) in [5.74, 6) is 2.47. The van der Waals surface area contributed by atoms with E-state index in [1.54, 1.807) is 6.20 Å². The van der Waals surface area contributed by atoms with Crippen LogP contribution in [0.5, 0.6) is 0 Å². The zero-order valence-corrected chi connectivity index (χ0v) is 16.9. The molecule has 0 radical (unpaired) electrons. The third-order valence-corrected chi connectivity index (χ3v) is 5.87. The Morgan fingerprint density at radius 3 is 2.80 bits per heavy atom. The maximum Gasteiger partial charge on any atom is 0.256 e. The van der Waals surface area contributed by atoms with Crippen molar-refractivity contribution in [3.63, 3.8) is 0 Å². The molecule has 1 aliphatic rings. The Morgan fingerprint density at radius 2 is 1.97 bits per heavy atom. The van der Waals surface area contributed by atoms with Crippen LogP contribution in [0.15, 0.2) is 60.8 Å². The number of carbonyl (C=O) groups is 1. The van der Waals surface area contributed by atoms with E-state index in [4.69, 9.17) is 0 Å². The standard InChI is InChI=1S/C24H23N5O/c1-2-22-27-28-23-13-10-17(15-29(22)23)16-8-11-18(12-9-16)26-24(30)20-5-3-7-21-19(20)6-4-14-25-21/h3-9,11-12,14,17H,2,10,13,15H2,1H3,(H,26,30)/t17-/m1/s1. The van der Waals surface area contributed by atoms with Crippen molar-refractivity contribution >= 4 is 22.5 Å². The third-order valence-electron chi connectivity index (χ3n) is 5.87. The molecule has 0 spiro atoms. The lowest BCUT2D eigenvalue weighted by molar-refractivity contribution is 0.102. The highest BCUT2D eigenvalue weighted by Crippen LogP contribution is 2.30. The Bertz CT molecular complexity index is 1190. The lowest BCUT2D eigenvalue weighted by atomic mass is 9.91. The van der Waals surface area contributed by atoms with Crippen LogP contribution in [0.4, 0.5) is 5.69 Å². The molecule has 4 aromatic rings.